The highest BCUT2D eigenvalue weighted by Crippen LogP contribution is 2.29. The van der Waals surface area contributed by atoms with Crippen molar-refractivity contribution in [1.82, 2.24) is 15.0 Å². The van der Waals surface area contributed by atoms with Crippen LogP contribution in [0.1, 0.15) is 49.6 Å². The molecule has 0 aliphatic heterocycles. The van der Waals surface area contributed by atoms with Crippen molar-refractivity contribution in [2.24, 2.45) is 5.41 Å². The Hall–Kier alpha value is -3.80. The average Bonchev–Trinajstić information content (AvgIpc) is 3.13. The van der Waals surface area contributed by atoms with Gasteiger partial charge in [-0.1, -0.05) is 20.8 Å². The van der Waals surface area contributed by atoms with E-state index in [4.69, 9.17) is 5.11 Å². The monoisotopic (exact) mass is 515 g/mol. The van der Waals surface area contributed by atoms with Gasteiger partial charge in [-0.15, -0.1) is 11.3 Å². The van der Waals surface area contributed by atoms with Crippen molar-refractivity contribution in [3.8, 4) is 0 Å². The molecule has 0 spiro atoms. The third kappa shape index (κ3) is 6.87. The van der Waals surface area contributed by atoms with Crippen LogP contribution in [-0.2, 0) is 27.2 Å². The summed E-state index contributed by atoms with van der Waals surface area (Å²) in [7, 11) is 0. The van der Waals surface area contributed by atoms with E-state index in [1.54, 1.807) is 33.0 Å². The number of carbonyl (C=O) groups excluding carboxylic acids is 1. The van der Waals surface area contributed by atoms with E-state index in [9.17, 15) is 24.3 Å². The molecule has 1 atom stereocenters. The van der Waals surface area contributed by atoms with Gasteiger partial charge in [-0.25, -0.2) is 9.78 Å². The highest BCUT2D eigenvalue weighted by molar-refractivity contribution is 7.16. The number of aliphatic carboxylic acids is 2. The molecular weight excluding hydrogens is 486 g/mol. The van der Waals surface area contributed by atoms with E-state index in [-0.39, 0.29) is 30.3 Å². The fraction of sp³-hybridized carbons (Fsp3) is 0.417. The van der Waals surface area contributed by atoms with Gasteiger partial charge >= 0.3 is 11.9 Å². The number of H-pyrrole nitrogens is 1. The van der Waals surface area contributed by atoms with Crippen molar-refractivity contribution >= 4 is 51.2 Å². The number of aryl methyl sites for hydroxylation is 3. The van der Waals surface area contributed by atoms with Gasteiger partial charge in [0.1, 0.15) is 6.04 Å². The number of carboxylic acids is 2. The summed E-state index contributed by atoms with van der Waals surface area (Å²) in [6, 6.07) is 2.57. The Labute approximate surface area is 211 Å². The molecule has 0 aromatic carbocycles. The van der Waals surface area contributed by atoms with Crippen molar-refractivity contribution in [1.29, 1.82) is 0 Å². The zero-order valence-electron chi connectivity index (χ0n) is 20.5. The highest BCUT2D eigenvalue weighted by atomic mass is 32.1. The molecule has 5 N–H and O–H groups in total. The summed E-state index contributed by atoms with van der Waals surface area (Å²) in [5.41, 5.74) is 0.989. The standard InChI is InChI=1S/C24H29N5O6S/c1-12-9-17(26-15(21(33)34)6-8-18(30)31)36-16(12)7-5-13-10-14-19(25-11-13)27-23(28-20(14)32)29-22(35)24(2,3)4/h9-11,15,26H,5-8H2,1-4H3,(H,30,31)(H,33,34)(H2,25,27,28,29,32,35)/t15-/m0/s1. The van der Waals surface area contributed by atoms with Crippen LogP contribution in [0.25, 0.3) is 11.0 Å². The molecular formula is C24H29N5O6S. The number of nitrogens with one attached hydrogen (secondary N) is 3. The van der Waals surface area contributed by atoms with Gasteiger partial charge in [0.05, 0.1) is 10.4 Å². The topological polar surface area (TPSA) is 174 Å². The lowest BCUT2D eigenvalue weighted by molar-refractivity contribution is -0.139. The zero-order chi connectivity index (χ0) is 26.6. The molecule has 3 aromatic heterocycles. The number of hydrogen-bond acceptors (Lipinski definition) is 8. The second-order valence-electron chi connectivity index (χ2n) is 9.52. The lowest BCUT2D eigenvalue weighted by Gasteiger charge is -2.16. The summed E-state index contributed by atoms with van der Waals surface area (Å²) in [4.78, 5) is 59.2. The second-order valence-corrected chi connectivity index (χ2v) is 10.7. The van der Waals surface area contributed by atoms with Gasteiger partial charge in [0, 0.05) is 22.9 Å². The Morgan fingerprint density at radius 2 is 1.89 bits per heavy atom. The molecule has 1 amide bonds. The van der Waals surface area contributed by atoms with E-state index in [2.05, 4.69) is 25.6 Å². The summed E-state index contributed by atoms with van der Waals surface area (Å²) in [5.74, 6) is -2.38. The number of aromatic amines is 1. The molecule has 0 unspecified atom stereocenters. The largest absolute Gasteiger partial charge is 0.481 e. The van der Waals surface area contributed by atoms with Gasteiger partial charge in [0.25, 0.3) is 5.56 Å². The van der Waals surface area contributed by atoms with Crippen LogP contribution in [0.2, 0.25) is 0 Å². The summed E-state index contributed by atoms with van der Waals surface area (Å²) in [5, 5.41) is 24.7. The molecule has 192 valence electrons. The number of aromatic nitrogens is 3. The van der Waals surface area contributed by atoms with Crippen LogP contribution in [0.3, 0.4) is 0 Å². The van der Waals surface area contributed by atoms with Gasteiger partial charge < -0.3 is 15.5 Å². The summed E-state index contributed by atoms with van der Waals surface area (Å²) in [6.07, 6.45) is 2.60. The molecule has 3 aromatic rings. The van der Waals surface area contributed by atoms with Crippen LogP contribution in [0.5, 0.6) is 0 Å². The van der Waals surface area contributed by atoms with Gasteiger partial charge in [-0.2, -0.15) is 4.98 Å². The van der Waals surface area contributed by atoms with E-state index in [0.29, 0.717) is 23.2 Å². The molecule has 3 rings (SSSR count). The van der Waals surface area contributed by atoms with Crippen molar-refractivity contribution in [3.63, 3.8) is 0 Å². The predicted molar refractivity (Wildman–Crippen MR) is 137 cm³/mol. The van der Waals surface area contributed by atoms with Gasteiger partial charge in [0.2, 0.25) is 11.9 Å². The highest BCUT2D eigenvalue weighted by Gasteiger charge is 2.22. The van der Waals surface area contributed by atoms with Crippen molar-refractivity contribution in [3.05, 3.63) is 44.7 Å². The number of nitrogens with zero attached hydrogens (tertiary/aromatic N) is 2. The summed E-state index contributed by atoms with van der Waals surface area (Å²) >= 11 is 1.41. The minimum absolute atomic E-state index is 0.0239. The van der Waals surface area contributed by atoms with Gasteiger partial charge in [-0.3, -0.25) is 24.7 Å². The number of rotatable bonds is 10. The minimum atomic E-state index is -1.11. The fourth-order valence-corrected chi connectivity index (χ4v) is 4.48. The molecule has 0 bridgehead atoms. The van der Waals surface area contributed by atoms with E-state index in [1.165, 1.54) is 11.3 Å². The van der Waals surface area contributed by atoms with Crippen LogP contribution < -0.4 is 16.2 Å². The fourth-order valence-electron chi connectivity index (χ4n) is 3.35. The van der Waals surface area contributed by atoms with Crippen molar-refractivity contribution < 1.29 is 24.6 Å². The normalized spacial score (nSPS) is 12.3. The molecule has 36 heavy (non-hydrogen) atoms. The second kappa shape index (κ2) is 10.9. The lowest BCUT2D eigenvalue weighted by atomic mass is 9.96. The van der Waals surface area contributed by atoms with E-state index in [1.807, 2.05) is 13.0 Å². The number of pyridine rings is 1. The van der Waals surface area contributed by atoms with E-state index >= 15 is 0 Å². The molecule has 0 fully saturated rings. The van der Waals surface area contributed by atoms with Gasteiger partial charge in [0.15, 0.2) is 5.65 Å². The van der Waals surface area contributed by atoms with Crippen molar-refractivity contribution in [2.75, 3.05) is 10.6 Å². The minimum Gasteiger partial charge on any atom is -0.481 e. The molecule has 3 heterocycles. The summed E-state index contributed by atoms with van der Waals surface area (Å²) < 4.78 is 0. The smallest absolute Gasteiger partial charge is 0.326 e. The molecule has 11 nitrogen and oxygen atoms in total. The molecule has 0 radical (unpaired) electrons. The predicted octanol–water partition coefficient (Wildman–Crippen LogP) is 3.19. The zero-order valence-corrected chi connectivity index (χ0v) is 21.3. The Kier molecular flexibility index (Phi) is 8.08. The third-order valence-corrected chi connectivity index (χ3v) is 6.68. The van der Waals surface area contributed by atoms with Crippen LogP contribution in [0, 0.1) is 12.3 Å². The average molecular weight is 516 g/mol. The number of amides is 1. The Morgan fingerprint density at radius 1 is 1.17 bits per heavy atom. The first-order valence-electron chi connectivity index (χ1n) is 11.3. The number of hydrogen-bond donors (Lipinski definition) is 5. The van der Waals surface area contributed by atoms with Crippen LogP contribution in [0.15, 0.2) is 23.1 Å². The Balaban J connectivity index is 1.70. The first-order valence-corrected chi connectivity index (χ1v) is 12.2. The molecule has 0 saturated carbocycles. The maximum atomic E-state index is 12.6. The Bertz CT molecular complexity index is 1360. The number of thiophene rings is 1. The number of anilines is 2. The first kappa shape index (κ1) is 26.8. The van der Waals surface area contributed by atoms with E-state index in [0.717, 1.165) is 16.0 Å². The number of carbonyl (C=O) groups is 3. The maximum absolute atomic E-state index is 12.6. The van der Waals surface area contributed by atoms with Crippen LogP contribution in [0.4, 0.5) is 10.9 Å². The molecule has 12 heteroatoms. The summed E-state index contributed by atoms with van der Waals surface area (Å²) in [6.45, 7) is 7.18. The lowest BCUT2D eigenvalue weighted by Crippen LogP contribution is -2.29. The third-order valence-electron chi connectivity index (χ3n) is 5.45. The van der Waals surface area contributed by atoms with E-state index < -0.39 is 29.0 Å². The Morgan fingerprint density at radius 3 is 2.53 bits per heavy atom. The van der Waals surface area contributed by atoms with Gasteiger partial charge in [-0.05, 0) is 49.4 Å². The molecule has 0 saturated heterocycles. The maximum Gasteiger partial charge on any atom is 0.326 e. The molecule has 0 aliphatic rings. The number of carboxylic acid groups (broad SMARTS) is 2. The number of fused-ring (bicyclic) bond motifs is 1. The van der Waals surface area contributed by atoms with Crippen LogP contribution >= 0.6 is 11.3 Å². The SMILES string of the molecule is Cc1cc(N[C@@H](CCC(=O)O)C(=O)O)sc1CCc1cnc2nc(NC(=O)C(C)(C)C)[nH]c(=O)c2c1. The molecule has 0 aliphatic carbocycles. The van der Waals surface area contributed by atoms with Crippen molar-refractivity contribution in [2.45, 2.75) is 59.4 Å². The quantitative estimate of drug-likeness (QED) is 0.271. The van der Waals surface area contributed by atoms with Crippen LogP contribution in [-0.4, -0.2) is 49.1 Å². The first-order chi connectivity index (χ1) is 16.8.